The van der Waals surface area contributed by atoms with Crippen molar-refractivity contribution in [1.29, 1.82) is 0 Å². The lowest BCUT2D eigenvalue weighted by atomic mass is 9.87. The molecule has 0 atom stereocenters. The van der Waals surface area contributed by atoms with E-state index in [1.165, 1.54) is 17.5 Å². The van der Waals surface area contributed by atoms with Crippen molar-refractivity contribution < 1.29 is 19.0 Å². The largest absolute Gasteiger partial charge is 0.493 e. The fourth-order valence-corrected chi connectivity index (χ4v) is 3.49. The van der Waals surface area contributed by atoms with Crippen LogP contribution in [0.4, 0.5) is 0 Å². The Bertz CT molecular complexity index is 822. The fourth-order valence-electron chi connectivity index (χ4n) is 3.49. The molecule has 0 aromatic heterocycles. The van der Waals surface area contributed by atoms with Crippen LogP contribution in [0.15, 0.2) is 36.4 Å². The molecule has 0 amide bonds. The minimum atomic E-state index is -0.382. The lowest BCUT2D eigenvalue weighted by Crippen LogP contribution is -2.15. The molecular weight excluding hydrogens is 328 g/mol. The van der Waals surface area contributed by atoms with Crippen LogP contribution in [0.1, 0.15) is 37.8 Å². The van der Waals surface area contributed by atoms with E-state index in [2.05, 4.69) is 18.7 Å². The monoisotopic (exact) mass is 354 g/mol. The van der Waals surface area contributed by atoms with Crippen molar-refractivity contribution in [2.45, 2.75) is 39.5 Å². The summed E-state index contributed by atoms with van der Waals surface area (Å²) in [7, 11) is 0. The predicted molar refractivity (Wildman–Crippen MR) is 103 cm³/mol. The van der Waals surface area contributed by atoms with Crippen LogP contribution in [0, 0.1) is 0 Å². The molecule has 0 radical (unpaired) electrons. The highest BCUT2D eigenvalue weighted by molar-refractivity contribution is 5.96. The summed E-state index contributed by atoms with van der Waals surface area (Å²) in [4.78, 5) is 11.5. The highest BCUT2D eigenvalue weighted by atomic mass is 16.6. The van der Waals surface area contributed by atoms with E-state index >= 15 is 0 Å². The van der Waals surface area contributed by atoms with Gasteiger partial charge in [-0.15, -0.1) is 0 Å². The summed E-state index contributed by atoms with van der Waals surface area (Å²) in [6.07, 6.45) is 4.32. The molecule has 0 fully saturated rings. The van der Waals surface area contributed by atoms with Crippen molar-refractivity contribution in [3.05, 3.63) is 47.5 Å². The molecule has 3 rings (SSSR count). The fraction of sp³-hybridized carbons (Fsp3) is 0.409. The van der Waals surface area contributed by atoms with Gasteiger partial charge in [0.15, 0.2) is 0 Å². The number of hydrogen-bond donors (Lipinski definition) is 0. The highest BCUT2D eigenvalue weighted by Gasteiger charge is 2.23. The van der Waals surface area contributed by atoms with Crippen LogP contribution in [0.25, 0.3) is 10.8 Å². The lowest BCUT2D eigenvalue weighted by molar-refractivity contribution is -0.139. The smallest absolute Gasteiger partial charge is 0.333 e. The van der Waals surface area contributed by atoms with Gasteiger partial charge in [0.05, 0.1) is 6.61 Å². The number of carbonyl (C=O) groups excluding carboxylic acids is 1. The van der Waals surface area contributed by atoms with E-state index in [0.717, 1.165) is 41.5 Å². The number of ether oxygens (including phenoxy) is 3. The van der Waals surface area contributed by atoms with Gasteiger partial charge in [0.2, 0.25) is 0 Å². The van der Waals surface area contributed by atoms with E-state index in [1.807, 2.05) is 19.1 Å². The number of carbonyl (C=O) groups is 1. The maximum atomic E-state index is 11.5. The Hall–Kier alpha value is -2.49. The van der Waals surface area contributed by atoms with Crippen LogP contribution in [-0.4, -0.2) is 25.8 Å². The quantitative estimate of drug-likeness (QED) is 0.414. The van der Waals surface area contributed by atoms with Crippen molar-refractivity contribution in [3.63, 3.8) is 0 Å². The molecule has 0 saturated heterocycles. The molecule has 138 valence electrons. The van der Waals surface area contributed by atoms with Crippen molar-refractivity contribution in [3.8, 4) is 11.5 Å². The van der Waals surface area contributed by atoms with Gasteiger partial charge in [0.25, 0.3) is 0 Å². The molecule has 26 heavy (non-hydrogen) atoms. The Morgan fingerprint density at radius 2 is 1.58 bits per heavy atom. The summed E-state index contributed by atoms with van der Waals surface area (Å²) in [5, 5.41) is 2.15. The van der Waals surface area contributed by atoms with E-state index in [1.54, 1.807) is 6.92 Å². The first-order valence-corrected chi connectivity index (χ1v) is 9.28. The number of fused-ring (bicyclic) bond motifs is 2. The second-order valence-corrected chi connectivity index (χ2v) is 6.57. The van der Waals surface area contributed by atoms with E-state index in [-0.39, 0.29) is 12.6 Å². The Morgan fingerprint density at radius 1 is 1.00 bits per heavy atom. The lowest BCUT2D eigenvalue weighted by Gasteiger charge is -2.25. The Morgan fingerprint density at radius 3 is 2.12 bits per heavy atom. The summed E-state index contributed by atoms with van der Waals surface area (Å²) in [6, 6.07) is 8.20. The SMILES string of the molecule is C=C(C)C(=O)OCCOc1c2c(c(OCC)c3ccccc13)CCCC2. The standard InChI is InChI=1S/C22H26O4/c1-4-24-20-16-9-5-7-11-18(16)21(19-12-8-6-10-17(19)20)25-13-14-26-22(23)15(2)3/h5,7,9,11H,2,4,6,8,10,12-14H2,1,3H3. The third kappa shape index (κ3) is 3.69. The molecule has 4 nitrogen and oxygen atoms in total. The van der Waals surface area contributed by atoms with Gasteiger partial charge in [0, 0.05) is 27.5 Å². The number of hydrogen-bond acceptors (Lipinski definition) is 4. The van der Waals surface area contributed by atoms with Crippen molar-refractivity contribution in [1.82, 2.24) is 0 Å². The van der Waals surface area contributed by atoms with Gasteiger partial charge in [0.1, 0.15) is 24.7 Å². The zero-order chi connectivity index (χ0) is 18.5. The predicted octanol–water partition coefficient (Wildman–Crippen LogP) is 4.62. The first kappa shape index (κ1) is 18.3. The zero-order valence-electron chi connectivity index (χ0n) is 15.6. The number of rotatable bonds is 7. The van der Waals surface area contributed by atoms with E-state index in [4.69, 9.17) is 14.2 Å². The molecule has 2 aromatic rings. The van der Waals surface area contributed by atoms with Crippen molar-refractivity contribution in [2.24, 2.45) is 0 Å². The maximum absolute atomic E-state index is 11.5. The van der Waals surface area contributed by atoms with Gasteiger partial charge in [-0.2, -0.15) is 0 Å². The summed E-state index contributed by atoms with van der Waals surface area (Å²) >= 11 is 0. The van der Waals surface area contributed by atoms with E-state index in [9.17, 15) is 4.79 Å². The molecule has 0 heterocycles. The Kier molecular flexibility index (Phi) is 5.82. The van der Waals surface area contributed by atoms with Crippen LogP contribution >= 0.6 is 0 Å². The second kappa shape index (κ2) is 8.26. The molecule has 0 aliphatic heterocycles. The summed E-state index contributed by atoms with van der Waals surface area (Å²) in [5.41, 5.74) is 2.91. The molecular formula is C22H26O4. The average molecular weight is 354 g/mol. The number of esters is 1. The molecule has 1 aliphatic carbocycles. The minimum Gasteiger partial charge on any atom is -0.493 e. The maximum Gasteiger partial charge on any atom is 0.333 e. The third-order valence-electron chi connectivity index (χ3n) is 4.63. The zero-order valence-corrected chi connectivity index (χ0v) is 15.6. The molecule has 0 unspecified atom stereocenters. The van der Waals surface area contributed by atoms with Crippen LogP contribution in [-0.2, 0) is 22.4 Å². The van der Waals surface area contributed by atoms with Crippen molar-refractivity contribution in [2.75, 3.05) is 19.8 Å². The summed E-state index contributed by atoms with van der Waals surface area (Å²) < 4.78 is 17.3. The minimum absolute atomic E-state index is 0.210. The molecule has 4 heteroatoms. The molecule has 0 spiro atoms. The van der Waals surface area contributed by atoms with Gasteiger partial charge >= 0.3 is 5.97 Å². The van der Waals surface area contributed by atoms with Crippen LogP contribution in [0.3, 0.4) is 0 Å². The van der Waals surface area contributed by atoms with Gasteiger partial charge in [-0.1, -0.05) is 30.8 Å². The molecule has 0 bridgehead atoms. The van der Waals surface area contributed by atoms with Crippen LogP contribution < -0.4 is 9.47 Å². The average Bonchev–Trinajstić information content (AvgIpc) is 2.66. The van der Waals surface area contributed by atoms with Crippen LogP contribution in [0.2, 0.25) is 0 Å². The van der Waals surface area contributed by atoms with Crippen LogP contribution in [0.5, 0.6) is 11.5 Å². The Labute approximate surface area is 154 Å². The molecule has 2 aromatic carbocycles. The van der Waals surface area contributed by atoms with Gasteiger partial charge in [-0.3, -0.25) is 0 Å². The van der Waals surface area contributed by atoms with Gasteiger partial charge < -0.3 is 14.2 Å². The molecule has 0 saturated carbocycles. The number of benzene rings is 2. The van der Waals surface area contributed by atoms with E-state index < -0.39 is 0 Å². The van der Waals surface area contributed by atoms with E-state index in [0.29, 0.717) is 18.8 Å². The third-order valence-corrected chi connectivity index (χ3v) is 4.63. The second-order valence-electron chi connectivity index (χ2n) is 6.57. The molecule has 0 N–H and O–H groups in total. The first-order chi connectivity index (χ1) is 12.6. The first-order valence-electron chi connectivity index (χ1n) is 9.28. The summed E-state index contributed by atoms with van der Waals surface area (Å²) in [5.74, 6) is 1.52. The molecule has 1 aliphatic rings. The summed E-state index contributed by atoms with van der Waals surface area (Å²) in [6.45, 7) is 8.42. The highest BCUT2D eigenvalue weighted by Crippen LogP contribution is 2.44. The van der Waals surface area contributed by atoms with Crippen molar-refractivity contribution >= 4 is 16.7 Å². The Balaban J connectivity index is 1.92. The topological polar surface area (TPSA) is 44.8 Å². The normalized spacial score (nSPS) is 13.2. The van der Waals surface area contributed by atoms with Gasteiger partial charge in [-0.05, 0) is 39.5 Å². The van der Waals surface area contributed by atoms with Gasteiger partial charge in [-0.25, -0.2) is 4.79 Å².